The van der Waals surface area contributed by atoms with E-state index in [1.54, 1.807) is 0 Å². The number of fused-ring (bicyclic) bond motifs is 1. The van der Waals surface area contributed by atoms with Gasteiger partial charge >= 0.3 is 0 Å². The minimum Gasteiger partial charge on any atom is -0.341 e. The van der Waals surface area contributed by atoms with E-state index >= 15 is 0 Å². The van der Waals surface area contributed by atoms with Gasteiger partial charge in [-0.05, 0) is 36.2 Å². The number of halogens is 1. The first-order valence-electron chi connectivity index (χ1n) is 9.83. The lowest BCUT2D eigenvalue weighted by molar-refractivity contribution is -0.131. The molecule has 1 aliphatic heterocycles. The molecule has 4 rings (SSSR count). The van der Waals surface area contributed by atoms with Crippen molar-refractivity contribution < 1.29 is 4.79 Å². The fraction of sp³-hybridized carbons (Fsp3) is 0.364. The Bertz CT molecular complexity index is 937. The topological polar surface area (TPSA) is 41.4 Å². The maximum Gasteiger partial charge on any atom is 0.224 e. The average molecular weight is 397 g/mol. The highest BCUT2D eigenvalue weighted by Crippen LogP contribution is 2.15. The number of carbonyl (C=O) groups excluding carboxylic acids is 1. The van der Waals surface area contributed by atoms with Crippen LogP contribution in [0.2, 0.25) is 5.02 Å². The molecule has 1 amide bonds. The van der Waals surface area contributed by atoms with Gasteiger partial charge in [-0.3, -0.25) is 9.69 Å². The lowest BCUT2D eigenvalue weighted by Gasteiger charge is -2.22. The summed E-state index contributed by atoms with van der Waals surface area (Å²) in [5.74, 6) is 0.228. The molecule has 28 heavy (non-hydrogen) atoms. The molecule has 0 radical (unpaired) electrons. The first-order chi connectivity index (χ1) is 13.7. The summed E-state index contributed by atoms with van der Waals surface area (Å²) in [6, 6.07) is 16.1. The molecule has 3 aromatic rings. The van der Waals surface area contributed by atoms with Crippen LogP contribution in [0.1, 0.15) is 18.4 Å². The number of imidazole rings is 1. The number of hydrogen-bond acceptors (Lipinski definition) is 3. The summed E-state index contributed by atoms with van der Waals surface area (Å²) in [6.07, 6.45) is 3.35. The van der Waals surface area contributed by atoms with Gasteiger partial charge in [0, 0.05) is 50.7 Å². The van der Waals surface area contributed by atoms with Gasteiger partial charge in [0.2, 0.25) is 5.91 Å². The van der Waals surface area contributed by atoms with Gasteiger partial charge in [-0.25, -0.2) is 4.98 Å². The number of amides is 1. The Hall–Kier alpha value is -2.37. The van der Waals surface area contributed by atoms with Crippen LogP contribution in [0.4, 0.5) is 0 Å². The van der Waals surface area contributed by atoms with Crippen molar-refractivity contribution in [1.82, 2.24) is 19.4 Å². The first-order valence-corrected chi connectivity index (χ1v) is 10.2. The quantitative estimate of drug-likeness (QED) is 0.658. The minimum atomic E-state index is 0.228. The molecule has 1 saturated heterocycles. The molecular formula is C22H25ClN4O. The van der Waals surface area contributed by atoms with Crippen LogP contribution in [-0.4, -0.2) is 51.4 Å². The van der Waals surface area contributed by atoms with Crippen LogP contribution in [0, 0.1) is 0 Å². The van der Waals surface area contributed by atoms with E-state index in [-0.39, 0.29) is 5.91 Å². The maximum atomic E-state index is 12.7. The van der Waals surface area contributed by atoms with E-state index in [0.717, 1.165) is 55.2 Å². The Morgan fingerprint density at radius 1 is 1.00 bits per heavy atom. The van der Waals surface area contributed by atoms with Gasteiger partial charge in [0.15, 0.2) is 0 Å². The van der Waals surface area contributed by atoms with E-state index in [1.807, 2.05) is 47.6 Å². The highest BCUT2D eigenvalue weighted by atomic mass is 35.5. The van der Waals surface area contributed by atoms with Crippen LogP contribution >= 0.6 is 11.6 Å². The normalized spacial score (nSPS) is 15.7. The van der Waals surface area contributed by atoms with Gasteiger partial charge < -0.3 is 9.47 Å². The molecule has 146 valence electrons. The number of para-hydroxylation sites is 2. The highest BCUT2D eigenvalue weighted by Gasteiger charge is 2.19. The van der Waals surface area contributed by atoms with Crippen molar-refractivity contribution in [2.45, 2.75) is 25.9 Å². The van der Waals surface area contributed by atoms with Gasteiger partial charge in [0.1, 0.15) is 0 Å². The summed E-state index contributed by atoms with van der Waals surface area (Å²) in [4.78, 5) is 21.6. The number of nitrogens with zero attached hydrogens (tertiary/aromatic N) is 4. The Balaban J connectivity index is 1.30. The summed E-state index contributed by atoms with van der Waals surface area (Å²) in [5, 5.41) is 0.766. The SMILES string of the molecule is O=C(CCn1cnc2ccccc21)N1CCCN(Cc2ccc(Cl)cc2)CC1. The molecule has 0 saturated carbocycles. The monoisotopic (exact) mass is 396 g/mol. The zero-order valence-corrected chi connectivity index (χ0v) is 16.7. The predicted molar refractivity (Wildman–Crippen MR) is 112 cm³/mol. The van der Waals surface area contributed by atoms with Crippen molar-refractivity contribution in [3.05, 3.63) is 65.4 Å². The van der Waals surface area contributed by atoms with Crippen LogP contribution in [0.25, 0.3) is 11.0 Å². The van der Waals surface area contributed by atoms with Crippen LogP contribution < -0.4 is 0 Å². The predicted octanol–water partition coefficient (Wildman–Crippen LogP) is 3.81. The lowest BCUT2D eigenvalue weighted by atomic mass is 10.2. The van der Waals surface area contributed by atoms with Crippen LogP contribution in [0.3, 0.4) is 0 Å². The Kier molecular flexibility index (Phi) is 5.93. The third-order valence-electron chi connectivity index (χ3n) is 5.35. The van der Waals surface area contributed by atoms with Crippen molar-refractivity contribution in [3.63, 3.8) is 0 Å². The second-order valence-electron chi connectivity index (χ2n) is 7.31. The number of aromatic nitrogens is 2. The van der Waals surface area contributed by atoms with Crippen LogP contribution in [0.15, 0.2) is 54.9 Å². The van der Waals surface area contributed by atoms with Crippen LogP contribution in [-0.2, 0) is 17.9 Å². The van der Waals surface area contributed by atoms with Crippen LogP contribution in [0.5, 0.6) is 0 Å². The van der Waals surface area contributed by atoms with E-state index < -0.39 is 0 Å². The molecule has 0 spiro atoms. The van der Waals surface area contributed by atoms with E-state index in [1.165, 1.54) is 5.56 Å². The fourth-order valence-electron chi connectivity index (χ4n) is 3.79. The van der Waals surface area contributed by atoms with Crippen molar-refractivity contribution in [2.75, 3.05) is 26.2 Å². The zero-order chi connectivity index (χ0) is 19.3. The third kappa shape index (κ3) is 4.54. The molecule has 2 aromatic carbocycles. The summed E-state index contributed by atoms with van der Waals surface area (Å²) in [7, 11) is 0. The molecule has 0 aliphatic carbocycles. The lowest BCUT2D eigenvalue weighted by Crippen LogP contribution is -2.35. The van der Waals surface area contributed by atoms with Gasteiger partial charge in [0.05, 0.1) is 17.4 Å². The summed E-state index contributed by atoms with van der Waals surface area (Å²) in [5.41, 5.74) is 3.32. The van der Waals surface area contributed by atoms with E-state index in [9.17, 15) is 4.79 Å². The fourth-order valence-corrected chi connectivity index (χ4v) is 3.92. The summed E-state index contributed by atoms with van der Waals surface area (Å²) in [6.45, 7) is 5.11. The Morgan fingerprint density at radius 3 is 2.68 bits per heavy atom. The molecule has 0 unspecified atom stereocenters. The number of carbonyl (C=O) groups is 1. The molecule has 6 heteroatoms. The molecule has 5 nitrogen and oxygen atoms in total. The summed E-state index contributed by atoms with van der Waals surface area (Å²) < 4.78 is 2.07. The molecule has 1 aromatic heterocycles. The smallest absolute Gasteiger partial charge is 0.224 e. The Labute approximate surface area is 170 Å². The van der Waals surface area contributed by atoms with Crippen molar-refractivity contribution in [3.8, 4) is 0 Å². The van der Waals surface area contributed by atoms with Crippen molar-refractivity contribution in [1.29, 1.82) is 0 Å². The highest BCUT2D eigenvalue weighted by molar-refractivity contribution is 6.30. The van der Waals surface area contributed by atoms with E-state index in [2.05, 4.69) is 26.6 Å². The second-order valence-corrected chi connectivity index (χ2v) is 7.75. The van der Waals surface area contributed by atoms with Gasteiger partial charge in [-0.2, -0.15) is 0 Å². The number of aryl methyl sites for hydroxylation is 1. The van der Waals surface area contributed by atoms with Gasteiger partial charge in [-0.15, -0.1) is 0 Å². The molecule has 1 fully saturated rings. The average Bonchev–Trinajstić information content (AvgIpc) is 2.98. The van der Waals surface area contributed by atoms with Gasteiger partial charge in [0.25, 0.3) is 0 Å². The van der Waals surface area contributed by atoms with E-state index in [4.69, 9.17) is 11.6 Å². The largest absolute Gasteiger partial charge is 0.341 e. The molecular weight excluding hydrogens is 372 g/mol. The first kappa shape index (κ1) is 19.0. The van der Waals surface area contributed by atoms with Crippen molar-refractivity contribution >= 4 is 28.5 Å². The van der Waals surface area contributed by atoms with E-state index in [0.29, 0.717) is 13.0 Å². The molecule has 0 bridgehead atoms. The zero-order valence-electron chi connectivity index (χ0n) is 15.9. The standard InChI is InChI=1S/C22H25ClN4O/c23-19-8-6-18(7-9-19)16-25-11-3-12-26(15-14-25)22(28)10-13-27-17-24-20-4-1-2-5-21(20)27/h1-2,4-9,17H,3,10-16H2. The molecule has 0 atom stereocenters. The molecule has 1 aliphatic rings. The number of rotatable bonds is 5. The number of benzene rings is 2. The Morgan fingerprint density at radius 2 is 1.82 bits per heavy atom. The second kappa shape index (κ2) is 8.76. The third-order valence-corrected chi connectivity index (χ3v) is 5.61. The number of hydrogen-bond donors (Lipinski definition) is 0. The molecule has 0 N–H and O–H groups in total. The minimum absolute atomic E-state index is 0.228. The summed E-state index contributed by atoms with van der Waals surface area (Å²) >= 11 is 5.97. The molecule has 2 heterocycles. The van der Waals surface area contributed by atoms with Crippen molar-refractivity contribution in [2.24, 2.45) is 0 Å². The van der Waals surface area contributed by atoms with Gasteiger partial charge in [-0.1, -0.05) is 35.9 Å². The maximum absolute atomic E-state index is 12.7.